The Bertz CT molecular complexity index is 720. The van der Waals surface area contributed by atoms with Crippen LogP contribution in [0.2, 0.25) is 0 Å². The number of carbonyl (C=O) groups excluding carboxylic acids is 4. The van der Waals surface area contributed by atoms with Crippen molar-refractivity contribution in [3.63, 3.8) is 0 Å². The molecule has 0 bridgehead atoms. The molecular formula is C14H20NO12S-. The zero-order chi connectivity index (χ0) is 21.6. The molecule has 1 aliphatic heterocycles. The summed E-state index contributed by atoms with van der Waals surface area (Å²) in [5, 5.41) is 2.36. The molecule has 1 N–H and O–H groups in total. The van der Waals surface area contributed by atoms with Crippen LogP contribution in [0, 0.1) is 0 Å². The first-order valence-electron chi connectivity index (χ1n) is 7.84. The molecule has 0 saturated carbocycles. The summed E-state index contributed by atoms with van der Waals surface area (Å²) in [7, 11) is -5.14. The molecule has 0 unspecified atom stereocenters. The lowest BCUT2D eigenvalue weighted by atomic mass is 9.96. The van der Waals surface area contributed by atoms with E-state index in [2.05, 4.69) is 9.50 Å². The lowest BCUT2D eigenvalue weighted by molar-refractivity contribution is -0.268. The predicted molar refractivity (Wildman–Crippen MR) is 84.8 cm³/mol. The van der Waals surface area contributed by atoms with Crippen LogP contribution in [0.5, 0.6) is 0 Å². The summed E-state index contributed by atoms with van der Waals surface area (Å²) in [5.41, 5.74) is 0. The molecule has 0 spiro atoms. The van der Waals surface area contributed by atoms with Crippen LogP contribution in [0.25, 0.3) is 0 Å². The number of amides is 1. The molecule has 0 aliphatic carbocycles. The molecule has 160 valence electrons. The van der Waals surface area contributed by atoms with Crippen molar-refractivity contribution in [1.29, 1.82) is 0 Å². The lowest BCUT2D eigenvalue weighted by Crippen LogP contribution is -2.66. The number of hydrogen-bond donors (Lipinski definition) is 1. The first kappa shape index (κ1) is 23.7. The van der Waals surface area contributed by atoms with Gasteiger partial charge in [-0.25, -0.2) is 8.42 Å². The molecule has 1 amide bonds. The lowest BCUT2D eigenvalue weighted by Gasteiger charge is -2.44. The van der Waals surface area contributed by atoms with Gasteiger partial charge in [-0.1, -0.05) is 0 Å². The molecule has 1 aliphatic rings. The molecule has 1 heterocycles. The molecule has 1 rings (SSSR count). The van der Waals surface area contributed by atoms with Crippen LogP contribution < -0.4 is 5.32 Å². The maximum Gasteiger partial charge on any atom is 0.305 e. The highest BCUT2D eigenvalue weighted by atomic mass is 32.3. The third-order valence-electron chi connectivity index (χ3n) is 3.28. The predicted octanol–water partition coefficient (Wildman–Crippen LogP) is -1.88. The first-order chi connectivity index (χ1) is 12.8. The molecule has 14 heteroatoms. The van der Waals surface area contributed by atoms with Gasteiger partial charge in [0.25, 0.3) is 0 Å². The van der Waals surface area contributed by atoms with Gasteiger partial charge in [0, 0.05) is 27.7 Å². The largest absolute Gasteiger partial charge is 0.726 e. The number of rotatable bonds is 7. The molecule has 28 heavy (non-hydrogen) atoms. The van der Waals surface area contributed by atoms with Gasteiger partial charge in [0.05, 0.1) is 6.61 Å². The Labute approximate surface area is 160 Å². The van der Waals surface area contributed by atoms with Gasteiger partial charge in [0.2, 0.25) is 22.6 Å². The summed E-state index contributed by atoms with van der Waals surface area (Å²) >= 11 is 0. The van der Waals surface area contributed by atoms with Gasteiger partial charge in [-0.15, -0.1) is 0 Å². The van der Waals surface area contributed by atoms with E-state index in [0.717, 1.165) is 27.7 Å². The van der Waals surface area contributed by atoms with Crippen LogP contribution in [0.1, 0.15) is 27.7 Å². The smallest absolute Gasteiger partial charge is 0.305 e. The van der Waals surface area contributed by atoms with Gasteiger partial charge >= 0.3 is 17.9 Å². The van der Waals surface area contributed by atoms with Gasteiger partial charge in [0.1, 0.15) is 12.1 Å². The van der Waals surface area contributed by atoms with Crippen LogP contribution >= 0.6 is 0 Å². The SMILES string of the molecule is CC(=O)N[C@H]1[C@@H](OC(C)=O)O[C@H](COS(=O)(=O)[O-])[C@@H](OC(C)=O)[C@@H]1OC(C)=O. The van der Waals surface area contributed by atoms with Gasteiger partial charge in [0.15, 0.2) is 12.2 Å². The molecule has 0 aromatic rings. The van der Waals surface area contributed by atoms with Gasteiger partial charge in [-0.05, 0) is 0 Å². The highest BCUT2D eigenvalue weighted by molar-refractivity contribution is 7.80. The highest BCUT2D eigenvalue weighted by Gasteiger charge is 2.52. The second-order valence-electron chi connectivity index (χ2n) is 5.72. The number of esters is 3. The number of carbonyl (C=O) groups is 4. The summed E-state index contributed by atoms with van der Waals surface area (Å²) in [4.78, 5) is 45.9. The van der Waals surface area contributed by atoms with Crippen molar-refractivity contribution < 1.29 is 55.3 Å². The van der Waals surface area contributed by atoms with Gasteiger partial charge in [-0.3, -0.25) is 23.4 Å². The molecule has 0 aromatic carbocycles. The van der Waals surface area contributed by atoms with E-state index >= 15 is 0 Å². The van der Waals surface area contributed by atoms with E-state index in [1.807, 2.05) is 0 Å². The van der Waals surface area contributed by atoms with E-state index in [-0.39, 0.29) is 0 Å². The Kier molecular flexibility index (Phi) is 8.29. The molecule has 5 atom stereocenters. The Morgan fingerprint density at radius 1 is 0.929 bits per heavy atom. The zero-order valence-corrected chi connectivity index (χ0v) is 16.2. The average molecular weight is 426 g/mol. The quantitative estimate of drug-likeness (QED) is 0.207. The Morgan fingerprint density at radius 2 is 1.43 bits per heavy atom. The zero-order valence-electron chi connectivity index (χ0n) is 15.4. The maximum absolute atomic E-state index is 11.5. The van der Waals surface area contributed by atoms with Crippen molar-refractivity contribution in [2.75, 3.05) is 6.61 Å². The van der Waals surface area contributed by atoms with Gasteiger partial charge < -0.3 is 28.8 Å². The topological polar surface area (TPSA) is 184 Å². The van der Waals surface area contributed by atoms with E-state index in [1.54, 1.807) is 0 Å². The average Bonchev–Trinajstić information content (AvgIpc) is 2.48. The Balaban J connectivity index is 3.33. The van der Waals surface area contributed by atoms with E-state index in [0.29, 0.717) is 0 Å². The number of nitrogens with one attached hydrogen (secondary N) is 1. The molecule has 1 saturated heterocycles. The fourth-order valence-corrected chi connectivity index (χ4v) is 2.81. The van der Waals surface area contributed by atoms with Crippen molar-refractivity contribution in [3.8, 4) is 0 Å². The van der Waals surface area contributed by atoms with E-state index in [9.17, 15) is 32.1 Å². The van der Waals surface area contributed by atoms with Crippen molar-refractivity contribution in [1.82, 2.24) is 5.32 Å². The van der Waals surface area contributed by atoms with Crippen molar-refractivity contribution in [3.05, 3.63) is 0 Å². The number of hydrogen-bond acceptors (Lipinski definition) is 12. The molecule has 13 nitrogen and oxygen atoms in total. The third-order valence-corrected chi connectivity index (χ3v) is 3.70. The number of ether oxygens (including phenoxy) is 4. The Hall–Kier alpha value is -2.29. The molecule has 0 aromatic heterocycles. The normalized spacial score (nSPS) is 27.4. The van der Waals surface area contributed by atoms with Crippen molar-refractivity contribution >= 4 is 34.2 Å². The van der Waals surface area contributed by atoms with Crippen LogP contribution in [0.15, 0.2) is 0 Å². The third kappa shape index (κ3) is 7.75. The minimum Gasteiger partial charge on any atom is -0.726 e. The summed E-state index contributed by atoms with van der Waals surface area (Å²) in [5.74, 6) is -3.18. The maximum atomic E-state index is 11.5. The first-order valence-corrected chi connectivity index (χ1v) is 9.18. The Morgan fingerprint density at radius 3 is 1.86 bits per heavy atom. The minimum absolute atomic E-state index is 0.624. The fraction of sp³-hybridized carbons (Fsp3) is 0.714. The molecule has 1 fully saturated rings. The highest BCUT2D eigenvalue weighted by Crippen LogP contribution is 2.28. The van der Waals surface area contributed by atoms with Crippen LogP contribution in [-0.4, -0.2) is 74.0 Å². The van der Waals surface area contributed by atoms with Crippen LogP contribution in [-0.2, 0) is 52.7 Å². The minimum atomic E-state index is -5.14. The molecular weight excluding hydrogens is 406 g/mol. The van der Waals surface area contributed by atoms with Crippen LogP contribution in [0.4, 0.5) is 0 Å². The standard InChI is InChI=1S/C14H21NO12S/c1-6(16)15-11-13(25-8(3)18)12(24-7(2)17)10(5-23-28(20,21)22)27-14(11)26-9(4)19/h10-14H,5H2,1-4H3,(H,15,16)(H,20,21,22)/p-1/t10-,11-,12-,13-,14+/m1/s1. The van der Waals surface area contributed by atoms with Crippen molar-refractivity contribution in [2.45, 2.75) is 58.3 Å². The van der Waals surface area contributed by atoms with E-state index in [1.165, 1.54) is 0 Å². The summed E-state index contributed by atoms with van der Waals surface area (Å²) < 4.78 is 56.9. The van der Waals surface area contributed by atoms with Crippen LogP contribution in [0.3, 0.4) is 0 Å². The van der Waals surface area contributed by atoms with Gasteiger partial charge in [-0.2, -0.15) is 0 Å². The van der Waals surface area contributed by atoms with Crippen molar-refractivity contribution in [2.24, 2.45) is 0 Å². The second-order valence-corrected chi connectivity index (χ2v) is 6.77. The monoisotopic (exact) mass is 426 g/mol. The fourth-order valence-electron chi connectivity index (χ4n) is 2.51. The summed E-state index contributed by atoms with van der Waals surface area (Å²) in [6, 6.07) is -1.31. The van der Waals surface area contributed by atoms with E-state index < -0.39 is 71.5 Å². The molecule has 0 radical (unpaired) electrons. The van der Waals surface area contributed by atoms with E-state index in [4.69, 9.17) is 18.9 Å². The second kappa shape index (κ2) is 9.77. The summed E-state index contributed by atoms with van der Waals surface area (Å²) in [6.07, 6.45) is -6.01. The summed E-state index contributed by atoms with van der Waals surface area (Å²) in [6.45, 7) is 3.25.